The average molecular weight is 375 g/mol. The molecule has 2 heterocycles. The Kier molecular flexibility index (Phi) is 4.67. The number of amides is 1. The summed E-state index contributed by atoms with van der Waals surface area (Å²) >= 11 is 1.51. The molecule has 1 radical (unpaired) electrons. The highest BCUT2D eigenvalue weighted by Crippen LogP contribution is 2.25. The van der Waals surface area contributed by atoms with E-state index in [4.69, 9.17) is 10.5 Å². The van der Waals surface area contributed by atoms with Gasteiger partial charge in [-0.2, -0.15) is 0 Å². The van der Waals surface area contributed by atoms with Gasteiger partial charge in [0.1, 0.15) is 12.4 Å². The van der Waals surface area contributed by atoms with Gasteiger partial charge >= 0.3 is 0 Å². The Morgan fingerprint density at radius 1 is 1.19 bits per heavy atom. The quantitative estimate of drug-likeness (QED) is 0.516. The molecule has 0 bridgehead atoms. The largest absolute Gasteiger partial charge is 0.486 e. The first-order valence-electron chi connectivity index (χ1n) is 8.19. The molecule has 1 amide bonds. The van der Waals surface area contributed by atoms with Gasteiger partial charge in [-0.15, -0.1) is 11.3 Å². The first-order valence-corrected chi connectivity index (χ1v) is 9.07. The fourth-order valence-electron chi connectivity index (χ4n) is 2.61. The number of carbonyl (C=O) groups is 1. The van der Waals surface area contributed by atoms with Gasteiger partial charge in [0.2, 0.25) is 0 Å². The standard InChI is InChI=1S/C20H15N4O2S/c21-14-6-2-3-7-15(14)24-20(25)13-5-1-4-8-18(13)26-11-17-19-16(9-10-22-17)23-12-27-19/h1-4,6-10,12H,11,21H2,(H,24,25). The number of ether oxygens (including phenoxy) is 1. The van der Waals surface area contributed by atoms with Crippen LogP contribution in [-0.2, 0) is 6.61 Å². The molecule has 27 heavy (non-hydrogen) atoms. The molecule has 4 rings (SSSR count). The van der Waals surface area contributed by atoms with Crippen LogP contribution in [-0.4, -0.2) is 15.9 Å². The van der Waals surface area contributed by atoms with Crippen LogP contribution >= 0.6 is 11.3 Å². The summed E-state index contributed by atoms with van der Waals surface area (Å²) < 4.78 is 6.86. The Labute approximate surface area is 159 Å². The van der Waals surface area contributed by atoms with E-state index in [9.17, 15) is 4.79 Å². The summed E-state index contributed by atoms with van der Waals surface area (Å²) in [5.74, 6) is 0.0836. The molecule has 3 N–H and O–H groups in total. The maximum absolute atomic E-state index is 12.7. The molecule has 133 valence electrons. The highest BCUT2D eigenvalue weighted by Gasteiger charge is 2.15. The lowest BCUT2D eigenvalue weighted by Crippen LogP contribution is -2.15. The van der Waals surface area contributed by atoms with Crippen LogP contribution in [0.2, 0.25) is 0 Å². The maximum Gasteiger partial charge on any atom is 0.260 e. The van der Waals surface area contributed by atoms with E-state index in [1.165, 1.54) is 11.3 Å². The first kappa shape index (κ1) is 17.0. The summed E-state index contributed by atoms with van der Waals surface area (Å²) in [6, 6.07) is 17.0. The summed E-state index contributed by atoms with van der Waals surface area (Å²) in [4.78, 5) is 21.3. The second-order valence-corrected chi connectivity index (χ2v) is 6.55. The van der Waals surface area contributed by atoms with Gasteiger partial charge in [0.05, 0.1) is 38.4 Å². The van der Waals surface area contributed by atoms with Crippen molar-refractivity contribution in [2.24, 2.45) is 0 Å². The number of hydrogen-bond donors (Lipinski definition) is 2. The minimum atomic E-state index is -0.340. The number of nitrogens with zero attached hydrogens (tertiary/aromatic N) is 2. The number of benzene rings is 2. The molecule has 2 aromatic heterocycles. The molecule has 0 fully saturated rings. The maximum atomic E-state index is 12.7. The molecule has 0 aliphatic heterocycles. The number of rotatable bonds is 5. The number of hydrogen-bond acceptors (Lipinski definition) is 6. The van der Waals surface area contributed by atoms with Crippen LogP contribution in [0.4, 0.5) is 11.4 Å². The van der Waals surface area contributed by atoms with Crippen LogP contribution in [0.25, 0.3) is 10.2 Å². The molecular formula is C20H15N4O2S. The van der Waals surface area contributed by atoms with E-state index < -0.39 is 0 Å². The van der Waals surface area contributed by atoms with Crippen molar-refractivity contribution >= 4 is 38.8 Å². The van der Waals surface area contributed by atoms with Crippen molar-refractivity contribution in [3.05, 3.63) is 77.6 Å². The zero-order chi connectivity index (χ0) is 18.6. The third-order valence-corrected chi connectivity index (χ3v) is 4.83. The third kappa shape index (κ3) is 3.58. The Balaban J connectivity index is 1.55. The lowest BCUT2D eigenvalue weighted by molar-refractivity contribution is 0.102. The second kappa shape index (κ2) is 7.43. The fraction of sp³-hybridized carbons (Fsp3) is 0.0500. The van der Waals surface area contributed by atoms with Gasteiger partial charge in [-0.05, 0) is 30.3 Å². The van der Waals surface area contributed by atoms with Gasteiger partial charge in [-0.3, -0.25) is 9.78 Å². The third-order valence-electron chi connectivity index (χ3n) is 3.94. The van der Waals surface area contributed by atoms with Crippen molar-refractivity contribution in [2.45, 2.75) is 6.61 Å². The average Bonchev–Trinajstić information content (AvgIpc) is 3.18. The van der Waals surface area contributed by atoms with Crippen LogP contribution in [0, 0.1) is 6.07 Å². The number of nitrogen functional groups attached to an aromatic ring is 1. The highest BCUT2D eigenvalue weighted by atomic mass is 32.1. The number of nitrogens with one attached hydrogen (secondary N) is 1. The van der Waals surface area contributed by atoms with E-state index >= 15 is 0 Å². The number of anilines is 2. The molecule has 0 aliphatic rings. The van der Waals surface area contributed by atoms with Crippen molar-refractivity contribution < 1.29 is 9.53 Å². The Hall–Kier alpha value is -3.45. The smallest absolute Gasteiger partial charge is 0.260 e. The van der Waals surface area contributed by atoms with Crippen LogP contribution < -0.4 is 15.8 Å². The summed E-state index contributed by atoms with van der Waals surface area (Å²) in [5.41, 5.74) is 10.7. The summed E-state index contributed by atoms with van der Waals surface area (Å²) in [5, 5.41) is 2.79. The highest BCUT2D eigenvalue weighted by molar-refractivity contribution is 7.16. The normalized spacial score (nSPS) is 10.7. The number of aromatic nitrogens is 2. The lowest BCUT2D eigenvalue weighted by atomic mass is 10.1. The summed E-state index contributed by atoms with van der Waals surface area (Å²) in [7, 11) is 0. The second-order valence-electron chi connectivity index (χ2n) is 5.70. The van der Waals surface area contributed by atoms with Crippen molar-refractivity contribution in [2.75, 3.05) is 11.1 Å². The van der Waals surface area contributed by atoms with Crippen LogP contribution in [0.15, 0.2) is 60.2 Å². The van der Waals surface area contributed by atoms with Gasteiger partial charge < -0.3 is 15.8 Å². The van der Waals surface area contributed by atoms with Crippen molar-refractivity contribution in [3.8, 4) is 5.75 Å². The molecule has 0 saturated carbocycles. The van der Waals surface area contributed by atoms with Crippen molar-refractivity contribution in [3.63, 3.8) is 0 Å². The number of pyridine rings is 1. The minimum absolute atomic E-state index is 0.227. The van der Waals surface area contributed by atoms with Crippen LogP contribution in [0.5, 0.6) is 5.75 Å². The predicted octanol–water partition coefficient (Wildman–Crippen LogP) is 3.90. The number of carbonyl (C=O) groups excluding carboxylic acids is 1. The van der Waals surface area contributed by atoms with Crippen LogP contribution in [0.1, 0.15) is 16.1 Å². The molecule has 0 unspecified atom stereocenters. The van der Waals surface area contributed by atoms with E-state index in [0.29, 0.717) is 22.7 Å². The summed E-state index contributed by atoms with van der Waals surface area (Å²) in [6.45, 7) is 0.227. The molecule has 6 nitrogen and oxygen atoms in total. The number of thiazole rings is 1. The molecule has 0 spiro atoms. The molecule has 0 aliphatic carbocycles. The van der Waals surface area contributed by atoms with E-state index in [1.54, 1.807) is 54.2 Å². The van der Waals surface area contributed by atoms with Crippen molar-refractivity contribution in [1.82, 2.24) is 9.97 Å². The van der Waals surface area contributed by atoms with E-state index in [2.05, 4.69) is 21.4 Å². The van der Waals surface area contributed by atoms with Gasteiger partial charge in [-0.1, -0.05) is 24.3 Å². The van der Waals surface area contributed by atoms with Crippen LogP contribution in [0.3, 0.4) is 0 Å². The number of fused-ring (bicyclic) bond motifs is 1. The molecular weight excluding hydrogens is 360 g/mol. The number of para-hydroxylation sites is 2. The van der Waals surface area contributed by atoms with E-state index in [-0.39, 0.29) is 12.5 Å². The summed E-state index contributed by atoms with van der Waals surface area (Å²) in [6.07, 6.45) is 1.70. The Morgan fingerprint density at radius 2 is 2.07 bits per heavy atom. The lowest BCUT2D eigenvalue weighted by Gasteiger charge is -2.12. The molecule has 4 aromatic rings. The van der Waals surface area contributed by atoms with E-state index in [0.717, 1.165) is 15.9 Å². The van der Waals surface area contributed by atoms with Gasteiger partial charge in [0, 0.05) is 6.20 Å². The number of nitrogens with two attached hydrogens (primary N) is 1. The first-order chi connectivity index (χ1) is 13.2. The molecule has 7 heteroatoms. The Bertz CT molecular complexity index is 1110. The van der Waals surface area contributed by atoms with Gasteiger partial charge in [0.25, 0.3) is 5.91 Å². The monoisotopic (exact) mass is 375 g/mol. The SMILES string of the molecule is Nc1ccccc1NC(=O)c1[c]cccc1OCc1nccc2ncsc12. The Morgan fingerprint density at radius 3 is 2.96 bits per heavy atom. The van der Waals surface area contributed by atoms with Gasteiger partial charge in [-0.25, -0.2) is 4.98 Å². The minimum Gasteiger partial charge on any atom is -0.486 e. The molecule has 0 atom stereocenters. The molecule has 2 aromatic carbocycles. The zero-order valence-electron chi connectivity index (χ0n) is 14.2. The zero-order valence-corrected chi connectivity index (χ0v) is 15.0. The fourth-order valence-corrected chi connectivity index (χ4v) is 3.37. The molecule has 0 saturated heterocycles. The van der Waals surface area contributed by atoms with Crippen molar-refractivity contribution in [1.29, 1.82) is 0 Å². The van der Waals surface area contributed by atoms with E-state index in [1.807, 2.05) is 6.07 Å². The van der Waals surface area contributed by atoms with Gasteiger partial charge in [0.15, 0.2) is 0 Å². The topological polar surface area (TPSA) is 90.1 Å². The predicted molar refractivity (Wildman–Crippen MR) is 106 cm³/mol.